The quantitative estimate of drug-likeness (QED) is 0.374. The number of aromatic nitrogens is 1. The summed E-state index contributed by atoms with van der Waals surface area (Å²) >= 11 is 0. The number of hydrogen-bond acceptors (Lipinski definition) is 4. The van der Waals surface area contributed by atoms with Gasteiger partial charge in [-0.3, -0.25) is 9.59 Å². The van der Waals surface area contributed by atoms with Gasteiger partial charge in [0.2, 0.25) is 0 Å². The molecular weight excluding hydrogens is 473 g/mol. The van der Waals surface area contributed by atoms with Crippen molar-refractivity contribution >= 4 is 34.4 Å². The lowest BCUT2D eigenvalue weighted by atomic mass is 10.0. The van der Waals surface area contributed by atoms with Crippen LogP contribution in [0.2, 0.25) is 0 Å². The molecule has 0 aliphatic carbocycles. The largest absolute Gasteiger partial charge is 0.454 e. The number of amides is 2. The number of nitrogens with one attached hydrogen (secondary N) is 2. The zero-order valence-electron chi connectivity index (χ0n) is 20.1. The number of aryl methyl sites for hydroxylation is 1. The van der Waals surface area contributed by atoms with Gasteiger partial charge in [-0.15, -0.1) is 0 Å². The second kappa shape index (κ2) is 10.7. The van der Waals surface area contributed by atoms with Crippen molar-refractivity contribution in [3.63, 3.8) is 0 Å². The minimum absolute atomic E-state index is 0.149. The van der Waals surface area contributed by atoms with Crippen LogP contribution in [-0.4, -0.2) is 42.0 Å². The third-order valence-corrected chi connectivity index (χ3v) is 6.54. The van der Waals surface area contributed by atoms with Crippen LogP contribution < -0.4 is 10.2 Å². The topological polar surface area (TPSA) is 91.5 Å². The predicted octanol–water partition coefficient (Wildman–Crippen LogP) is 4.17. The van der Waals surface area contributed by atoms with Crippen molar-refractivity contribution in [2.45, 2.75) is 25.3 Å². The van der Waals surface area contributed by atoms with Crippen LogP contribution in [0.3, 0.4) is 0 Å². The van der Waals surface area contributed by atoms with Gasteiger partial charge in [-0.1, -0.05) is 36.4 Å². The monoisotopic (exact) mass is 499 g/mol. The van der Waals surface area contributed by atoms with E-state index in [-0.39, 0.29) is 17.9 Å². The molecule has 37 heavy (non-hydrogen) atoms. The van der Waals surface area contributed by atoms with Crippen LogP contribution in [0.5, 0.6) is 0 Å². The summed E-state index contributed by atoms with van der Waals surface area (Å²) in [5, 5.41) is 3.61. The molecule has 7 nitrogen and oxygen atoms in total. The molecule has 0 saturated carbocycles. The molecular formula is C29H26FN3O4. The molecule has 188 valence electrons. The minimum atomic E-state index is -1.06. The summed E-state index contributed by atoms with van der Waals surface area (Å²) in [6, 6.07) is 19.3. The van der Waals surface area contributed by atoms with E-state index in [9.17, 15) is 18.8 Å². The Morgan fingerprint density at radius 3 is 2.59 bits per heavy atom. The average Bonchev–Trinajstić information content (AvgIpc) is 3.34. The highest BCUT2D eigenvalue weighted by atomic mass is 19.1. The molecule has 1 aromatic heterocycles. The lowest BCUT2D eigenvalue weighted by Gasteiger charge is -2.29. The Morgan fingerprint density at radius 2 is 1.76 bits per heavy atom. The number of rotatable bonds is 7. The van der Waals surface area contributed by atoms with Gasteiger partial charge in [-0.2, -0.15) is 0 Å². The molecule has 2 amide bonds. The highest BCUT2D eigenvalue weighted by Crippen LogP contribution is 2.27. The normalized spacial score (nSPS) is 13.6. The van der Waals surface area contributed by atoms with Crippen LogP contribution in [0.1, 0.15) is 27.9 Å². The van der Waals surface area contributed by atoms with E-state index in [4.69, 9.17) is 4.74 Å². The molecule has 0 fully saturated rings. The molecule has 0 unspecified atom stereocenters. The van der Waals surface area contributed by atoms with Crippen LogP contribution in [0.15, 0.2) is 79.0 Å². The molecule has 5 rings (SSSR count). The van der Waals surface area contributed by atoms with Gasteiger partial charge in [0.15, 0.2) is 6.61 Å². The van der Waals surface area contributed by atoms with E-state index in [2.05, 4.69) is 10.3 Å². The number of carbonyl (C=O) groups is 3. The van der Waals surface area contributed by atoms with Crippen molar-refractivity contribution in [2.75, 3.05) is 18.1 Å². The van der Waals surface area contributed by atoms with Crippen molar-refractivity contribution in [1.82, 2.24) is 10.3 Å². The fraction of sp³-hybridized carbons (Fsp3) is 0.207. The van der Waals surface area contributed by atoms with E-state index >= 15 is 0 Å². The fourth-order valence-electron chi connectivity index (χ4n) is 4.66. The van der Waals surface area contributed by atoms with Crippen LogP contribution in [0, 0.1) is 5.82 Å². The Morgan fingerprint density at radius 1 is 1.00 bits per heavy atom. The zero-order chi connectivity index (χ0) is 25.8. The second-order valence-electron chi connectivity index (χ2n) is 8.98. The molecule has 2 heterocycles. The molecule has 0 bridgehead atoms. The Bertz CT molecular complexity index is 1450. The van der Waals surface area contributed by atoms with Gasteiger partial charge >= 0.3 is 5.97 Å². The Kier molecular flexibility index (Phi) is 6.98. The first kappa shape index (κ1) is 24.2. The molecule has 4 aromatic rings. The summed E-state index contributed by atoms with van der Waals surface area (Å²) in [6.07, 6.45) is 3.65. The first-order chi connectivity index (χ1) is 18.0. The van der Waals surface area contributed by atoms with Crippen molar-refractivity contribution in [2.24, 2.45) is 0 Å². The number of ether oxygens (including phenoxy) is 1. The number of carbonyl (C=O) groups excluding carboxylic acids is 3. The summed E-state index contributed by atoms with van der Waals surface area (Å²) in [4.78, 5) is 43.8. The van der Waals surface area contributed by atoms with E-state index in [1.165, 1.54) is 24.3 Å². The molecule has 8 heteroatoms. The zero-order valence-corrected chi connectivity index (χ0v) is 20.1. The number of para-hydroxylation sites is 2. The number of hydrogen-bond donors (Lipinski definition) is 2. The Hall–Kier alpha value is -4.46. The maximum atomic E-state index is 13.3. The number of nitrogens with zero attached hydrogens (tertiary/aromatic N) is 1. The number of fused-ring (bicyclic) bond motifs is 2. The van der Waals surface area contributed by atoms with Crippen molar-refractivity contribution < 1.29 is 23.5 Å². The summed E-state index contributed by atoms with van der Waals surface area (Å²) in [5.41, 5.74) is 3.83. The Balaban J connectivity index is 1.32. The maximum Gasteiger partial charge on any atom is 0.329 e. The number of benzene rings is 3. The standard InChI is InChI=1S/C29H26FN3O4/c30-22-13-11-20(12-14-22)28(35)32-25(16-21-17-31-24-9-3-2-8-23(21)24)29(36)37-18-27(34)33-15-5-7-19-6-1-4-10-26(19)33/h1-4,6,8-14,17,25,31H,5,7,15-16,18H2,(H,32,35)/t25-/m0/s1. The SMILES string of the molecule is O=C(N[C@@H](Cc1c[nH]c2ccccc12)C(=O)OCC(=O)N1CCCc2ccccc21)c1ccc(F)cc1. The molecule has 2 N–H and O–H groups in total. The van der Waals surface area contributed by atoms with Crippen molar-refractivity contribution in [3.8, 4) is 0 Å². The molecule has 1 aliphatic rings. The van der Waals surface area contributed by atoms with Gasteiger partial charge in [-0.05, 0) is 60.4 Å². The molecule has 1 aliphatic heterocycles. The highest BCUT2D eigenvalue weighted by Gasteiger charge is 2.28. The third-order valence-electron chi connectivity index (χ3n) is 6.54. The molecule has 0 radical (unpaired) electrons. The van der Waals surface area contributed by atoms with Gasteiger partial charge in [-0.25, -0.2) is 9.18 Å². The van der Waals surface area contributed by atoms with E-state index in [0.29, 0.717) is 6.54 Å². The number of esters is 1. The van der Waals surface area contributed by atoms with Gasteiger partial charge < -0.3 is 19.9 Å². The van der Waals surface area contributed by atoms with Gasteiger partial charge in [0, 0.05) is 41.3 Å². The summed E-state index contributed by atoms with van der Waals surface area (Å²) in [5.74, 6) is -2.06. The summed E-state index contributed by atoms with van der Waals surface area (Å²) in [7, 11) is 0. The van der Waals surface area contributed by atoms with E-state index < -0.39 is 30.3 Å². The molecule has 0 saturated heterocycles. The van der Waals surface area contributed by atoms with Crippen LogP contribution in [-0.2, 0) is 27.2 Å². The number of aromatic amines is 1. The van der Waals surface area contributed by atoms with E-state index in [0.717, 1.165) is 40.6 Å². The number of H-pyrrole nitrogens is 1. The predicted molar refractivity (Wildman–Crippen MR) is 138 cm³/mol. The van der Waals surface area contributed by atoms with Gasteiger partial charge in [0.05, 0.1) is 0 Å². The highest BCUT2D eigenvalue weighted by molar-refractivity contribution is 5.99. The van der Waals surface area contributed by atoms with E-state index in [1.807, 2.05) is 48.5 Å². The fourth-order valence-corrected chi connectivity index (χ4v) is 4.66. The first-order valence-electron chi connectivity index (χ1n) is 12.2. The smallest absolute Gasteiger partial charge is 0.329 e. The number of halogens is 1. The van der Waals surface area contributed by atoms with Crippen molar-refractivity contribution in [3.05, 3.63) is 102 Å². The Labute approximate surface area is 213 Å². The van der Waals surface area contributed by atoms with Crippen LogP contribution in [0.4, 0.5) is 10.1 Å². The molecule has 3 aromatic carbocycles. The lowest BCUT2D eigenvalue weighted by molar-refractivity contribution is -0.149. The van der Waals surface area contributed by atoms with Crippen LogP contribution in [0.25, 0.3) is 10.9 Å². The van der Waals surface area contributed by atoms with Crippen molar-refractivity contribution in [1.29, 1.82) is 0 Å². The summed E-state index contributed by atoms with van der Waals surface area (Å²) < 4.78 is 18.8. The van der Waals surface area contributed by atoms with E-state index in [1.54, 1.807) is 11.1 Å². The van der Waals surface area contributed by atoms with Gasteiger partial charge in [0.1, 0.15) is 11.9 Å². The minimum Gasteiger partial charge on any atom is -0.454 e. The second-order valence-corrected chi connectivity index (χ2v) is 8.98. The molecule has 0 spiro atoms. The molecule has 1 atom stereocenters. The summed E-state index contributed by atoms with van der Waals surface area (Å²) in [6.45, 7) is 0.109. The van der Waals surface area contributed by atoms with Gasteiger partial charge in [0.25, 0.3) is 11.8 Å². The maximum absolute atomic E-state index is 13.3. The number of anilines is 1. The first-order valence-corrected chi connectivity index (χ1v) is 12.2. The lowest BCUT2D eigenvalue weighted by Crippen LogP contribution is -2.45. The average molecular weight is 500 g/mol. The third kappa shape index (κ3) is 5.38. The van der Waals surface area contributed by atoms with Crippen LogP contribution >= 0.6 is 0 Å².